The van der Waals surface area contributed by atoms with Crippen molar-refractivity contribution in [1.82, 2.24) is 10.2 Å². The normalized spacial score (nSPS) is 42.5. The topological polar surface area (TPSA) is 15.3 Å². The van der Waals surface area contributed by atoms with Gasteiger partial charge in [0.15, 0.2) is 0 Å². The Balaban J connectivity index is 1.97. The predicted molar refractivity (Wildman–Crippen MR) is 55.9 cm³/mol. The molecule has 13 heavy (non-hydrogen) atoms. The molecule has 0 spiro atoms. The summed E-state index contributed by atoms with van der Waals surface area (Å²) in [6, 6.07) is 0. The number of piperidine rings is 1. The molecule has 1 N–H and O–H groups in total. The molecular formula is C11H22N2. The van der Waals surface area contributed by atoms with E-state index in [-0.39, 0.29) is 0 Å². The fourth-order valence-electron chi connectivity index (χ4n) is 2.88. The highest BCUT2D eigenvalue weighted by Gasteiger charge is 2.37. The SMILES string of the molecule is CN1CCC(C2(C)CCCCN2)C1. The van der Waals surface area contributed by atoms with Crippen molar-refractivity contribution >= 4 is 0 Å². The summed E-state index contributed by atoms with van der Waals surface area (Å²) >= 11 is 0. The molecule has 2 fully saturated rings. The monoisotopic (exact) mass is 182 g/mol. The molecule has 2 heterocycles. The van der Waals surface area contributed by atoms with Gasteiger partial charge in [0.25, 0.3) is 0 Å². The highest BCUT2D eigenvalue weighted by Crippen LogP contribution is 2.32. The Labute approximate surface area is 81.7 Å². The number of hydrogen-bond donors (Lipinski definition) is 1. The van der Waals surface area contributed by atoms with E-state index in [9.17, 15) is 0 Å². The first-order valence-electron chi connectivity index (χ1n) is 5.64. The molecule has 2 nitrogen and oxygen atoms in total. The van der Waals surface area contributed by atoms with Crippen LogP contribution in [0.15, 0.2) is 0 Å². The maximum Gasteiger partial charge on any atom is 0.0194 e. The van der Waals surface area contributed by atoms with Crippen LogP contribution in [0.2, 0.25) is 0 Å². The average molecular weight is 182 g/mol. The van der Waals surface area contributed by atoms with Crippen molar-refractivity contribution in [2.45, 2.75) is 38.1 Å². The van der Waals surface area contributed by atoms with Gasteiger partial charge in [-0.1, -0.05) is 6.42 Å². The molecule has 0 aromatic carbocycles. The molecule has 2 atom stereocenters. The zero-order valence-electron chi connectivity index (χ0n) is 8.97. The van der Waals surface area contributed by atoms with Crippen molar-refractivity contribution < 1.29 is 0 Å². The molecule has 2 unspecified atom stereocenters. The molecule has 2 rings (SSSR count). The third-order valence-electron chi connectivity index (χ3n) is 3.94. The van der Waals surface area contributed by atoms with E-state index >= 15 is 0 Å². The Kier molecular flexibility index (Phi) is 2.61. The van der Waals surface area contributed by atoms with Gasteiger partial charge in [0.05, 0.1) is 0 Å². The van der Waals surface area contributed by atoms with Gasteiger partial charge in [0.1, 0.15) is 0 Å². The van der Waals surface area contributed by atoms with Gasteiger partial charge >= 0.3 is 0 Å². The lowest BCUT2D eigenvalue weighted by Crippen LogP contribution is -2.52. The van der Waals surface area contributed by atoms with Gasteiger partial charge in [-0.25, -0.2) is 0 Å². The highest BCUT2D eigenvalue weighted by molar-refractivity contribution is 4.96. The Hall–Kier alpha value is -0.0800. The molecule has 2 aliphatic rings. The van der Waals surface area contributed by atoms with E-state index in [0.29, 0.717) is 5.54 Å². The van der Waals surface area contributed by atoms with Crippen molar-refractivity contribution in [2.75, 3.05) is 26.7 Å². The van der Waals surface area contributed by atoms with Gasteiger partial charge in [-0.3, -0.25) is 0 Å². The second kappa shape index (κ2) is 3.58. The second-order valence-corrected chi connectivity index (χ2v) is 5.05. The van der Waals surface area contributed by atoms with Crippen LogP contribution in [-0.4, -0.2) is 37.1 Å². The molecule has 0 amide bonds. The Morgan fingerprint density at radius 2 is 2.23 bits per heavy atom. The Morgan fingerprint density at radius 3 is 2.77 bits per heavy atom. The molecule has 2 aliphatic heterocycles. The molecule has 0 aromatic heterocycles. The van der Waals surface area contributed by atoms with Crippen LogP contribution in [0.3, 0.4) is 0 Å². The summed E-state index contributed by atoms with van der Waals surface area (Å²) in [6.45, 7) is 6.25. The zero-order chi connectivity index (χ0) is 9.31. The zero-order valence-corrected chi connectivity index (χ0v) is 8.97. The second-order valence-electron chi connectivity index (χ2n) is 5.05. The van der Waals surface area contributed by atoms with Crippen LogP contribution in [0.5, 0.6) is 0 Å². The van der Waals surface area contributed by atoms with Crippen molar-refractivity contribution in [3.8, 4) is 0 Å². The van der Waals surface area contributed by atoms with Gasteiger partial charge in [-0.05, 0) is 52.2 Å². The summed E-state index contributed by atoms with van der Waals surface area (Å²) < 4.78 is 0. The highest BCUT2D eigenvalue weighted by atomic mass is 15.1. The van der Waals surface area contributed by atoms with Crippen molar-refractivity contribution in [1.29, 1.82) is 0 Å². The molecular weight excluding hydrogens is 160 g/mol. The lowest BCUT2D eigenvalue weighted by molar-refractivity contribution is 0.184. The van der Waals surface area contributed by atoms with E-state index in [1.165, 1.54) is 45.3 Å². The van der Waals surface area contributed by atoms with Crippen LogP contribution < -0.4 is 5.32 Å². The van der Waals surface area contributed by atoms with E-state index in [1.54, 1.807) is 0 Å². The van der Waals surface area contributed by atoms with Crippen LogP contribution in [0.25, 0.3) is 0 Å². The third kappa shape index (κ3) is 1.89. The van der Waals surface area contributed by atoms with Gasteiger partial charge in [-0.15, -0.1) is 0 Å². The summed E-state index contributed by atoms with van der Waals surface area (Å²) in [4.78, 5) is 2.46. The standard InChI is InChI=1S/C11H22N2/c1-11(6-3-4-7-12-11)10-5-8-13(2)9-10/h10,12H,3-9H2,1-2H3. The van der Waals surface area contributed by atoms with Crippen molar-refractivity contribution in [3.63, 3.8) is 0 Å². The number of rotatable bonds is 1. The average Bonchev–Trinajstić information content (AvgIpc) is 2.54. The van der Waals surface area contributed by atoms with Crippen LogP contribution in [0, 0.1) is 5.92 Å². The fourth-order valence-corrected chi connectivity index (χ4v) is 2.88. The lowest BCUT2D eigenvalue weighted by Gasteiger charge is -2.40. The summed E-state index contributed by atoms with van der Waals surface area (Å²) in [7, 11) is 2.24. The minimum absolute atomic E-state index is 0.447. The molecule has 0 bridgehead atoms. The number of nitrogens with zero attached hydrogens (tertiary/aromatic N) is 1. The van der Waals surface area contributed by atoms with Gasteiger partial charge in [0, 0.05) is 12.1 Å². The molecule has 0 saturated carbocycles. The van der Waals surface area contributed by atoms with Crippen LogP contribution in [-0.2, 0) is 0 Å². The Bertz CT molecular complexity index is 173. The number of nitrogens with one attached hydrogen (secondary N) is 1. The molecule has 0 aliphatic carbocycles. The first kappa shape index (κ1) is 9.47. The van der Waals surface area contributed by atoms with Gasteiger partial charge in [-0.2, -0.15) is 0 Å². The maximum atomic E-state index is 3.73. The predicted octanol–water partition coefficient (Wildman–Crippen LogP) is 1.47. The van der Waals surface area contributed by atoms with Crippen LogP contribution in [0.4, 0.5) is 0 Å². The summed E-state index contributed by atoms with van der Waals surface area (Å²) in [5, 5.41) is 3.73. The van der Waals surface area contributed by atoms with E-state index in [0.717, 1.165) is 5.92 Å². The minimum atomic E-state index is 0.447. The summed E-state index contributed by atoms with van der Waals surface area (Å²) in [5.74, 6) is 0.887. The van der Waals surface area contributed by atoms with Gasteiger partial charge < -0.3 is 10.2 Å². The molecule has 76 valence electrons. The first-order valence-corrected chi connectivity index (χ1v) is 5.64. The fraction of sp³-hybridized carbons (Fsp3) is 1.00. The summed E-state index contributed by atoms with van der Waals surface area (Å²) in [5.41, 5.74) is 0.447. The van der Waals surface area contributed by atoms with Crippen LogP contribution in [0.1, 0.15) is 32.6 Å². The molecule has 0 aromatic rings. The van der Waals surface area contributed by atoms with Crippen molar-refractivity contribution in [3.05, 3.63) is 0 Å². The number of likely N-dealkylation sites (tertiary alicyclic amines) is 1. The smallest absolute Gasteiger partial charge is 0.0194 e. The van der Waals surface area contributed by atoms with E-state index in [1.807, 2.05) is 0 Å². The Morgan fingerprint density at radius 1 is 1.38 bits per heavy atom. The first-order chi connectivity index (χ1) is 6.21. The van der Waals surface area contributed by atoms with E-state index in [2.05, 4.69) is 24.2 Å². The largest absolute Gasteiger partial charge is 0.311 e. The quantitative estimate of drug-likeness (QED) is 0.660. The summed E-state index contributed by atoms with van der Waals surface area (Å²) in [6.07, 6.45) is 5.56. The van der Waals surface area contributed by atoms with Gasteiger partial charge in [0.2, 0.25) is 0 Å². The van der Waals surface area contributed by atoms with E-state index in [4.69, 9.17) is 0 Å². The molecule has 2 saturated heterocycles. The minimum Gasteiger partial charge on any atom is -0.311 e. The third-order valence-corrected chi connectivity index (χ3v) is 3.94. The molecule has 0 radical (unpaired) electrons. The van der Waals surface area contributed by atoms with Crippen molar-refractivity contribution in [2.24, 2.45) is 5.92 Å². The molecule has 2 heteroatoms. The maximum absolute atomic E-state index is 3.73. The van der Waals surface area contributed by atoms with Crippen LogP contribution >= 0.6 is 0 Å². The lowest BCUT2D eigenvalue weighted by atomic mass is 9.79. The number of hydrogen-bond acceptors (Lipinski definition) is 2. The van der Waals surface area contributed by atoms with E-state index < -0.39 is 0 Å².